The number of hydrogen-bond acceptors (Lipinski definition) is 5. The third-order valence-electron chi connectivity index (χ3n) is 4.87. The van der Waals surface area contributed by atoms with Crippen molar-refractivity contribution in [2.45, 2.75) is 58.6 Å². The second-order valence-electron chi connectivity index (χ2n) is 7.64. The third kappa shape index (κ3) is 3.60. The monoisotopic (exact) mass is 359 g/mol. The second-order valence-corrected chi connectivity index (χ2v) is 7.64. The maximum absolute atomic E-state index is 12.4. The number of carbonyl (C=O) groups is 1. The van der Waals surface area contributed by atoms with Crippen molar-refractivity contribution in [3.63, 3.8) is 0 Å². The van der Waals surface area contributed by atoms with Gasteiger partial charge in [-0.15, -0.1) is 0 Å². The SMILES string of the molecule is Cc1c(CC(=O)N[C@@H](C)CO)c(=O)oc2cc3c(cc12)CCC(C)(C)O3. The summed E-state index contributed by atoms with van der Waals surface area (Å²) < 4.78 is 11.5. The predicted molar refractivity (Wildman–Crippen MR) is 98.6 cm³/mol. The van der Waals surface area contributed by atoms with Gasteiger partial charge in [-0.25, -0.2) is 4.79 Å². The van der Waals surface area contributed by atoms with Crippen LogP contribution in [-0.2, 0) is 17.6 Å². The molecule has 0 fully saturated rings. The van der Waals surface area contributed by atoms with E-state index in [1.54, 1.807) is 13.0 Å². The molecule has 6 nitrogen and oxygen atoms in total. The molecule has 0 unspecified atom stereocenters. The highest BCUT2D eigenvalue weighted by Crippen LogP contribution is 2.36. The van der Waals surface area contributed by atoms with E-state index >= 15 is 0 Å². The molecule has 0 spiro atoms. The van der Waals surface area contributed by atoms with Crippen LogP contribution in [0.15, 0.2) is 21.3 Å². The van der Waals surface area contributed by atoms with Crippen LogP contribution in [-0.4, -0.2) is 29.3 Å². The van der Waals surface area contributed by atoms with Crippen LogP contribution in [0, 0.1) is 6.92 Å². The third-order valence-corrected chi connectivity index (χ3v) is 4.87. The van der Waals surface area contributed by atoms with Gasteiger partial charge >= 0.3 is 5.63 Å². The lowest BCUT2D eigenvalue weighted by Crippen LogP contribution is -2.37. The number of aliphatic hydroxyl groups excluding tert-OH is 1. The molecule has 1 aliphatic heterocycles. The summed E-state index contributed by atoms with van der Waals surface area (Å²) in [6.07, 6.45) is 1.73. The molecular formula is C20H25NO5. The van der Waals surface area contributed by atoms with Crippen molar-refractivity contribution in [3.05, 3.63) is 39.2 Å². The van der Waals surface area contributed by atoms with Gasteiger partial charge in [-0.2, -0.15) is 0 Å². The van der Waals surface area contributed by atoms with Gasteiger partial charge in [0, 0.05) is 17.5 Å². The largest absolute Gasteiger partial charge is 0.487 e. The molecule has 2 aromatic rings. The quantitative estimate of drug-likeness (QED) is 0.818. The highest BCUT2D eigenvalue weighted by Gasteiger charge is 2.27. The second kappa shape index (κ2) is 6.76. The fraction of sp³-hybridized carbons (Fsp3) is 0.500. The van der Waals surface area contributed by atoms with Gasteiger partial charge in [0.1, 0.15) is 16.9 Å². The minimum absolute atomic E-state index is 0.0743. The normalized spacial score (nSPS) is 16.7. The fourth-order valence-corrected chi connectivity index (χ4v) is 3.27. The molecule has 1 atom stereocenters. The van der Waals surface area contributed by atoms with E-state index in [0.29, 0.717) is 11.1 Å². The molecule has 6 heteroatoms. The Hall–Kier alpha value is -2.34. The van der Waals surface area contributed by atoms with Crippen molar-refractivity contribution in [2.24, 2.45) is 0 Å². The van der Waals surface area contributed by atoms with Crippen molar-refractivity contribution in [1.29, 1.82) is 0 Å². The Balaban J connectivity index is 2.00. The van der Waals surface area contributed by atoms with E-state index < -0.39 is 5.63 Å². The lowest BCUT2D eigenvalue weighted by molar-refractivity contribution is -0.121. The van der Waals surface area contributed by atoms with E-state index in [0.717, 1.165) is 35.1 Å². The summed E-state index contributed by atoms with van der Waals surface area (Å²) in [5, 5.41) is 12.5. The molecule has 140 valence electrons. The van der Waals surface area contributed by atoms with Gasteiger partial charge in [-0.3, -0.25) is 4.79 Å². The number of benzene rings is 1. The smallest absolute Gasteiger partial charge is 0.340 e. The molecule has 2 N–H and O–H groups in total. The van der Waals surface area contributed by atoms with Crippen molar-refractivity contribution in [3.8, 4) is 5.75 Å². The summed E-state index contributed by atoms with van der Waals surface area (Å²) >= 11 is 0. The number of ether oxygens (including phenoxy) is 1. The Kier molecular flexibility index (Phi) is 4.80. The number of nitrogens with one attached hydrogen (secondary N) is 1. The molecule has 0 saturated carbocycles. The fourth-order valence-electron chi connectivity index (χ4n) is 3.27. The number of carbonyl (C=O) groups excluding carboxylic acids is 1. The van der Waals surface area contributed by atoms with Crippen LogP contribution in [0.4, 0.5) is 0 Å². The van der Waals surface area contributed by atoms with Crippen molar-refractivity contribution in [2.75, 3.05) is 6.61 Å². The lowest BCUT2D eigenvalue weighted by atomic mass is 9.92. The van der Waals surface area contributed by atoms with E-state index in [1.807, 2.05) is 26.8 Å². The van der Waals surface area contributed by atoms with E-state index in [1.165, 1.54) is 0 Å². The molecule has 1 aromatic heterocycles. The summed E-state index contributed by atoms with van der Waals surface area (Å²) in [5.74, 6) is 0.433. The van der Waals surface area contributed by atoms with Gasteiger partial charge in [-0.1, -0.05) is 0 Å². The van der Waals surface area contributed by atoms with Gasteiger partial charge in [0.25, 0.3) is 0 Å². The highest BCUT2D eigenvalue weighted by atomic mass is 16.5. The first-order valence-corrected chi connectivity index (χ1v) is 8.88. The Morgan fingerprint density at radius 1 is 1.38 bits per heavy atom. The molecule has 3 rings (SSSR count). The zero-order valence-electron chi connectivity index (χ0n) is 15.6. The Morgan fingerprint density at radius 3 is 2.81 bits per heavy atom. The summed E-state index contributed by atoms with van der Waals surface area (Å²) in [4.78, 5) is 24.5. The first-order valence-electron chi connectivity index (χ1n) is 8.88. The highest BCUT2D eigenvalue weighted by molar-refractivity contribution is 5.86. The zero-order chi connectivity index (χ0) is 19.1. The van der Waals surface area contributed by atoms with Gasteiger partial charge in [0.05, 0.1) is 18.6 Å². The van der Waals surface area contributed by atoms with E-state index in [4.69, 9.17) is 14.3 Å². The first-order chi connectivity index (χ1) is 12.2. The molecule has 1 aromatic carbocycles. The maximum atomic E-state index is 12.4. The molecule has 26 heavy (non-hydrogen) atoms. The number of amides is 1. The van der Waals surface area contributed by atoms with Gasteiger partial charge < -0.3 is 19.6 Å². The van der Waals surface area contributed by atoms with E-state index in [9.17, 15) is 9.59 Å². The molecule has 0 saturated heterocycles. The Labute approximate surface area is 152 Å². The van der Waals surface area contributed by atoms with Crippen molar-refractivity contribution in [1.82, 2.24) is 5.32 Å². The van der Waals surface area contributed by atoms with Crippen molar-refractivity contribution < 1.29 is 19.1 Å². The molecular weight excluding hydrogens is 334 g/mol. The van der Waals surface area contributed by atoms with Crippen LogP contribution in [0.5, 0.6) is 5.75 Å². The molecule has 0 radical (unpaired) electrons. The number of aryl methyl sites for hydroxylation is 2. The Morgan fingerprint density at radius 2 is 2.12 bits per heavy atom. The summed E-state index contributed by atoms with van der Waals surface area (Å²) in [6, 6.07) is 3.41. The average Bonchev–Trinajstić information content (AvgIpc) is 2.56. The van der Waals surface area contributed by atoms with Crippen molar-refractivity contribution >= 4 is 16.9 Å². The number of rotatable bonds is 4. The molecule has 1 amide bonds. The van der Waals surface area contributed by atoms with Gasteiger partial charge in [0.15, 0.2) is 0 Å². The average molecular weight is 359 g/mol. The zero-order valence-corrected chi connectivity index (χ0v) is 15.6. The number of hydrogen-bond donors (Lipinski definition) is 2. The van der Waals surface area contributed by atoms with Crippen LogP contribution >= 0.6 is 0 Å². The first kappa shape index (κ1) is 18.5. The standard InChI is InChI=1S/C20H25NO5/c1-11(10-22)21-18(23)8-15-12(2)14-7-13-5-6-20(3,4)26-16(13)9-17(14)25-19(15)24/h7,9,11,22H,5-6,8,10H2,1-4H3,(H,21,23)/t11-/m0/s1. The summed E-state index contributed by atoms with van der Waals surface area (Å²) in [5.41, 5.74) is 1.89. The van der Waals surface area contributed by atoms with Gasteiger partial charge in [0.2, 0.25) is 5.91 Å². The minimum atomic E-state index is -0.517. The molecule has 0 bridgehead atoms. The van der Waals surface area contributed by atoms with Crippen LogP contribution in [0.2, 0.25) is 0 Å². The number of aliphatic hydroxyl groups is 1. The summed E-state index contributed by atoms with van der Waals surface area (Å²) in [7, 11) is 0. The molecule has 2 heterocycles. The minimum Gasteiger partial charge on any atom is -0.487 e. The topological polar surface area (TPSA) is 88.8 Å². The van der Waals surface area contributed by atoms with Crippen LogP contribution in [0.25, 0.3) is 11.0 Å². The predicted octanol–water partition coefficient (Wildman–Crippen LogP) is 2.24. The maximum Gasteiger partial charge on any atom is 0.340 e. The van der Waals surface area contributed by atoms with Crippen LogP contribution < -0.4 is 15.7 Å². The van der Waals surface area contributed by atoms with E-state index in [-0.39, 0.29) is 30.6 Å². The summed E-state index contributed by atoms with van der Waals surface area (Å²) in [6.45, 7) is 7.45. The molecule has 0 aliphatic carbocycles. The Bertz CT molecular complexity index is 913. The van der Waals surface area contributed by atoms with Crippen LogP contribution in [0.3, 0.4) is 0 Å². The van der Waals surface area contributed by atoms with E-state index in [2.05, 4.69) is 5.32 Å². The van der Waals surface area contributed by atoms with Crippen LogP contribution in [0.1, 0.15) is 43.9 Å². The lowest BCUT2D eigenvalue weighted by Gasteiger charge is -2.32. The van der Waals surface area contributed by atoms with Gasteiger partial charge in [-0.05, 0) is 57.7 Å². The molecule has 1 aliphatic rings. The number of fused-ring (bicyclic) bond motifs is 2.